The second kappa shape index (κ2) is 12.2. The van der Waals surface area contributed by atoms with Gasteiger partial charge in [-0.1, -0.05) is 18.6 Å². The maximum absolute atomic E-state index is 14.1. The van der Waals surface area contributed by atoms with E-state index < -0.39 is 45.3 Å². The van der Waals surface area contributed by atoms with E-state index in [9.17, 15) is 26.4 Å². The zero-order valence-electron chi connectivity index (χ0n) is 22.4. The standard InChI is InChI=1S/C29H37F3N4O3S/c30-21-9-6-19(7-10-21)27(20-13-22(31)15-23(32)14-20)28(33)29(37)35-26-5-1-3-18(26)8-11-25-16-34-24-4-2-12-40(38,39)36(25)17-24/h6-7,9-10,13-15,18,24-28,34H,1-5,8,11-12,16-17,33H2,(H,35,37)/t18-,24-,25+,26+,27+,28+/m1/s1. The minimum atomic E-state index is -3.27. The number of carbonyl (C=O) groups is 1. The van der Waals surface area contributed by atoms with E-state index in [1.807, 2.05) is 0 Å². The normalized spacial score (nSPS) is 29.4. The van der Waals surface area contributed by atoms with Crippen LogP contribution in [0.25, 0.3) is 0 Å². The largest absolute Gasteiger partial charge is 0.352 e. The first kappa shape index (κ1) is 29.0. The van der Waals surface area contributed by atoms with Crippen molar-refractivity contribution in [2.75, 3.05) is 18.8 Å². The van der Waals surface area contributed by atoms with Crippen molar-refractivity contribution in [2.45, 2.75) is 75.0 Å². The van der Waals surface area contributed by atoms with E-state index in [1.165, 1.54) is 24.3 Å². The Bertz CT molecular complexity index is 1290. The van der Waals surface area contributed by atoms with Gasteiger partial charge < -0.3 is 16.4 Å². The van der Waals surface area contributed by atoms with Gasteiger partial charge in [0.25, 0.3) is 0 Å². The van der Waals surface area contributed by atoms with Crippen molar-refractivity contribution < 1.29 is 26.4 Å². The van der Waals surface area contributed by atoms with E-state index in [-0.39, 0.29) is 35.4 Å². The second-order valence-corrected chi connectivity index (χ2v) is 13.5. The Morgan fingerprint density at radius 2 is 1.70 bits per heavy atom. The summed E-state index contributed by atoms with van der Waals surface area (Å²) in [6.07, 6.45) is 5.59. The van der Waals surface area contributed by atoms with Gasteiger partial charge in [0, 0.05) is 43.2 Å². The van der Waals surface area contributed by atoms with Crippen molar-refractivity contribution in [3.8, 4) is 0 Å². The summed E-state index contributed by atoms with van der Waals surface area (Å²) >= 11 is 0. The quantitative estimate of drug-likeness (QED) is 0.446. The Morgan fingerprint density at radius 3 is 2.42 bits per heavy atom. The van der Waals surface area contributed by atoms with Gasteiger partial charge in [-0.3, -0.25) is 4.79 Å². The van der Waals surface area contributed by atoms with Gasteiger partial charge in [-0.2, -0.15) is 4.31 Å². The lowest BCUT2D eigenvalue weighted by Crippen LogP contribution is -2.57. The fourth-order valence-corrected chi connectivity index (χ4v) is 8.49. The lowest BCUT2D eigenvalue weighted by Gasteiger charge is -2.38. The molecule has 40 heavy (non-hydrogen) atoms. The number of amides is 1. The van der Waals surface area contributed by atoms with Gasteiger partial charge in [-0.15, -0.1) is 0 Å². The molecule has 4 N–H and O–H groups in total. The average Bonchev–Trinajstić information content (AvgIpc) is 3.30. The van der Waals surface area contributed by atoms with Gasteiger partial charge in [0.05, 0.1) is 11.8 Å². The molecule has 2 aliphatic heterocycles. The Labute approximate surface area is 233 Å². The number of sulfonamides is 1. The zero-order valence-corrected chi connectivity index (χ0v) is 23.2. The number of hydrogen-bond acceptors (Lipinski definition) is 5. The van der Waals surface area contributed by atoms with Crippen molar-refractivity contribution in [3.05, 3.63) is 71.0 Å². The van der Waals surface area contributed by atoms with Crippen LogP contribution in [0.1, 0.15) is 62.0 Å². The van der Waals surface area contributed by atoms with E-state index in [4.69, 9.17) is 5.73 Å². The summed E-state index contributed by atoms with van der Waals surface area (Å²) in [5.41, 5.74) is 7.11. The summed E-state index contributed by atoms with van der Waals surface area (Å²) in [5.74, 6) is -3.04. The first-order chi connectivity index (χ1) is 19.1. The highest BCUT2D eigenvalue weighted by Crippen LogP contribution is 2.33. The molecule has 2 aromatic carbocycles. The number of benzene rings is 2. The maximum Gasteiger partial charge on any atom is 0.238 e. The van der Waals surface area contributed by atoms with E-state index in [0.29, 0.717) is 31.5 Å². The zero-order chi connectivity index (χ0) is 28.4. The third-order valence-electron chi connectivity index (χ3n) is 8.75. The number of carbonyl (C=O) groups excluding carboxylic acids is 1. The third kappa shape index (κ3) is 6.53. The highest BCUT2D eigenvalue weighted by atomic mass is 32.2. The smallest absolute Gasteiger partial charge is 0.238 e. The van der Waals surface area contributed by atoms with Gasteiger partial charge in [-0.25, -0.2) is 21.6 Å². The first-order valence-corrected chi connectivity index (χ1v) is 15.7. The lowest BCUT2D eigenvalue weighted by atomic mass is 9.84. The molecule has 7 nitrogen and oxygen atoms in total. The molecule has 0 radical (unpaired) electrons. The van der Waals surface area contributed by atoms with Gasteiger partial charge in [0.2, 0.25) is 15.9 Å². The molecule has 218 valence electrons. The van der Waals surface area contributed by atoms with Crippen molar-refractivity contribution >= 4 is 15.9 Å². The number of nitrogens with zero attached hydrogens (tertiary/aromatic N) is 1. The monoisotopic (exact) mass is 578 g/mol. The summed E-state index contributed by atoms with van der Waals surface area (Å²) in [7, 11) is -3.27. The maximum atomic E-state index is 14.1. The topological polar surface area (TPSA) is 105 Å². The predicted octanol–water partition coefficient (Wildman–Crippen LogP) is 3.39. The summed E-state index contributed by atoms with van der Waals surface area (Å²) in [4.78, 5) is 13.4. The number of halogens is 3. The molecule has 0 aromatic heterocycles. The van der Waals surface area contributed by atoms with Crippen molar-refractivity contribution in [2.24, 2.45) is 11.7 Å². The minimum absolute atomic E-state index is 0.107. The molecule has 7 atom stereocenters. The summed E-state index contributed by atoms with van der Waals surface area (Å²) in [6, 6.07) is 7.20. The van der Waals surface area contributed by atoms with E-state index in [0.717, 1.165) is 50.3 Å². The van der Waals surface area contributed by atoms with Gasteiger partial charge in [0.1, 0.15) is 17.5 Å². The minimum Gasteiger partial charge on any atom is -0.352 e. The van der Waals surface area contributed by atoms with Crippen LogP contribution in [0.4, 0.5) is 13.2 Å². The van der Waals surface area contributed by atoms with Crippen LogP contribution in [0.3, 0.4) is 0 Å². The number of nitrogens with two attached hydrogens (primary N) is 1. The second-order valence-electron chi connectivity index (χ2n) is 11.4. The van der Waals surface area contributed by atoms with Crippen LogP contribution in [-0.4, -0.2) is 61.6 Å². The van der Waals surface area contributed by atoms with Crippen LogP contribution in [0, 0.1) is 23.4 Å². The Balaban J connectivity index is 1.27. The molecular weight excluding hydrogens is 541 g/mol. The fourth-order valence-electron chi connectivity index (χ4n) is 6.69. The predicted molar refractivity (Wildman–Crippen MR) is 146 cm³/mol. The molecule has 0 spiro atoms. The van der Waals surface area contributed by atoms with Crippen molar-refractivity contribution in [1.82, 2.24) is 14.9 Å². The number of fused-ring (bicyclic) bond motifs is 2. The Kier molecular flexibility index (Phi) is 8.84. The molecule has 2 heterocycles. The summed E-state index contributed by atoms with van der Waals surface area (Å²) in [6.45, 7) is 1.14. The highest BCUT2D eigenvalue weighted by Gasteiger charge is 2.39. The third-order valence-corrected chi connectivity index (χ3v) is 10.7. The van der Waals surface area contributed by atoms with Gasteiger partial charge >= 0.3 is 0 Å². The molecule has 2 aromatic rings. The number of piperazine rings is 1. The average molecular weight is 579 g/mol. The first-order valence-electron chi connectivity index (χ1n) is 14.1. The highest BCUT2D eigenvalue weighted by molar-refractivity contribution is 7.89. The molecule has 1 amide bonds. The molecule has 3 fully saturated rings. The van der Waals surface area contributed by atoms with Crippen LogP contribution in [0.2, 0.25) is 0 Å². The van der Waals surface area contributed by atoms with E-state index >= 15 is 0 Å². The van der Waals surface area contributed by atoms with Crippen LogP contribution >= 0.6 is 0 Å². The molecule has 2 bridgehead atoms. The molecule has 1 unspecified atom stereocenters. The molecular formula is C29H37F3N4O3S. The fraction of sp³-hybridized carbons (Fsp3) is 0.552. The van der Waals surface area contributed by atoms with Gasteiger partial charge in [-0.05, 0) is 79.8 Å². The number of hydrogen-bond donors (Lipinski definition) is 3. The van der Waals surface area contributed by atoms with Gasteiger partial charge in [0.15, 0.2) is 0 Å². The SMILES string of the molecule is N[C@H](C(=O)N[C@H]1CCC[C@@H]1CC[C@H]1CN[C@@H]2CCCS(=O)(=O)N1C2)[C@@H](c1ccc(F)cc1)c1cc(F)cc(F)c1. The Morgan fingerprint density at radius 1 is 0.975 bits per heavy atom. The molecule has 2 saturated heterocycles. The van der Waals surface area contributed by atoms with Crippen LogP contribution < -0.4 is 16.4 Å². The lowest BCUT2D eigenvalue weighted by molar-refractivity contribution is -0.123. The summed E-state index contributed by atoms with van der Waals surface area (Å²) in [5, 5.41) is 6.57. The molecule has 11 heteroatoms. The molecule has 1 aliphatic carbocycles. The molecule has 1 saturated carbocycles. The number of nitrogens with one attached hydrogen (secondary N) is 2. The summed E-state index contributed by atoms with van der Waals surface area (Å²) < 4.78 is 69.2. The van der Waals surface area contributed by atoms with Crippen molar-refractivity contribution in [1.29, 1.82) is 0 Å². The molecule has 5 rings (SSSR count). The Hall–Kier alpha value is -2.47. The van der Waals surface area contributed by atoms with Crippen LogP contribution in [0.5, 0.6) is 0 Å². The van der Waals surface area contributed by atoms with E-state index in [1.54, 1.807) is 4.31 Å². The van der Waals surface area contributed by atoms with Crippen molar-refractivity contribution in [3.63, 3.8) is 0 Å². The number of rotatable bonds is 8. The van der Waals surface area contributed by atoms with Crippen LogP contribution in [0.15, 0.2) is 42.5 Å². The van der Waals surface area contributed by atoms with Crippen LogP contribution in [-0.2, 0) is 14.8 Å². The van der Waals surface area contributed by atoms with E-state index in [2.05, 4.69) is 10.6 Å². The molecule has 3 aliphatic rings.